The zero-order valence-corrected chi connectivity index (χ0v) is 9.89. The number of rotatable bonds is 10. The van der Waals surface area contributed by atoms with Crippen LogP contribution in [0.1, 0.15) is 64.7 Å². The number of hydrogen-bond donors (Lipinski definition) is 1. The van der Waals surface area contributed by atoms with Crippen molar-refractivity contribution in [3.8, 4) is 0 Å². The van der Waals surface area contributed by atoms with Crippen LogP contribution in [0.3, 0.4) is 0 Å². The van der Waals surface area contributed by atoms with Crippen molar-refractivity contribution in [1.29, 1.82) is 0 Å². The molecule has 0 saturated heterocycles. The molecule has 0 heterocycles. The Morgan fingerprint density at radius 2 is 1.40 bits per heavy atom. The number of unbranched alkanes of at least 4 members (excludes halogenated alkanes) is 8. The van der Waals surface area contributed by atoms with Crippen LogP contribution in [0.5, 0.6) is 0 Å². The van der Waals surface area contributed by atoms with Gasteiger partial charge in [0.25, 0.3) is 0 Å². The zero-order valence-electron chi connectivity index (χ0n) is 9.89. The van der Waals surface area contributed by atoms with Crippen molar-refractivity contribution in [3.05, 3.63) is 0 Å². The van der Waals surface area contributed by atoms with Crippen molar-refractivity contribution in [1.82, 2.24) is 5.32 Å². The summed E-state index contributed by atoms with van der Waals surface area (Å²) >= 11 is 0. The van der Waals surface area contributed by atoms with Crippen molar-refractivity contribution in [2.75, 3.05) is 6.54 Å². The Morgan fingerprint density at radius 1 is 0.933 bits per heavy atom. The Balaban J connectivity index is 2.89. The smallest absolute Gasteiger partial charge is 0.134 e. The van der Waals surface area contributed by atoms with Crippen LogP contribution < -0.4 is 10.4 Å². The Labute approximate surface area is 93.3 Å². The van der Waals surface area contributed by atoms with Gasteiger partial charge in [0, 0.05) is 6.54 Å². The van der Waals surface area contributed by atoms with Gasteiger partial charge in [0.05, 0.1) is 0 Å². The van der Waals surface area contributed by atoms with E-state index >= 15 is 0 Å². The van der Waals surface area contributed by atoms with E-state index in [0.29, 0.717) is 6.54 Å². The Kier molecular flexibility index (Phi) is 10.8. The first-order valence-corrected chi connectivity index (χ1v) is 6.22. The Bertz CT molecular complexity index is 149. The van der Waals surface area contributed by atoms with E-state index in [9.17, 15) is 9.90 Å². The van der Waals surface area contributed by atoms with Crippen molar-refractivity contribution >= 4 is 6.09 Å². The van der Waals surface area contributed by atoms with Gasteiger partial charge in [0.15, 0.2) is 0 Å². The molecule has 0 saturated carbocycles. The molecule has 15 heavy (non-hydrogen) atoms. The second-order valence-corrected chi connectivity index (χ2v) is 4.04. The molecule has 3 nitrogen and oxygen atoms in total. The lowest BCUT2D eigenvalue weighted by molar-refractivity contribution is -0.250. The molecule has 0 spiro atoms. The van der Waals surface area contributed by atoms with Crippen LogP contribution in [0.15, 0.2) is 0 Å². The molecule has 0 unspecified atom stereocenters. The number of carbonyl (C=O) groups excluding carboxylic acids is 1. The molecule has 0 fully saturated rings. The average Bonchev–Trinajstić information content (AvgIpc) is 2.20. The maximum atomic E-state index is 10.0. The molecule has 0 bridgehead atoms. The van der Waals surface area contributed by atoms with Gasteiger partial charge >= 0.3 is 0 Å². The van der Waals surface area contributed by atoms with E-state index in [0.717, 1.165) is 12.8 Å². The minimum atomic E-state index is -1.16. The summed E-state index contributed by atoms with van der Waals surface area (Å²) in [6.07, 6.45) is 10.1. The second-order valence-electron chi connectivity index (χ2n) is 4.04. The third-order valence-corrected chi connectivity index (χ3v) is 2.55. The van der Waals surface area contributed by atoms with E-state index in [1.165, 1.54) is 44.9 Å². The Morgan fingerprint density at radius 3 is 1.87 bits per heavy atom. The summed E-state index contributed by atoms with van der Waals surface area (Å²) in [5.41, 5.74) is 0. The lowest BCUT2D eigenvalue weighted by Crippen LogP contribution is -2.36. The van der Waals surface area contributed by atoms with Crippen molar-refractivity contribution < 1.29 is 9.90 Å². The Hall–Kier alpha value is -0.730. The fourth-order valence-electron chi connectivity index (χ4n) is 1.63. The lowest BCUT2D eigenvalue weighted by atomic mass is 10.1. The summed E-state index contributed by atoms with van der Waals surface area (Å²) in [6, 6.07) is 0. The first-order valence-electron chi connectivity index (χ1n) is 6.22. The molecule has 0 aromatic heterocycles. The van der Waals surface area contributed by atoms with E-state index in [1.807, 2.05) is 0 Å². The molecule has 0 aliphatic carbocycles. The lowest BCUT2D eigenvalue weighted by Gasteiger charge is -2.05. The SMILES string of the molecule is CCCCCCCCCCCNC(=O)[O-]. The van der Waals surface area contributed by atoms with Gasteiger partial charge in [-0.15, -0.1) is 0 Å². The largest absolute Gasteiger partial charge is 0.530 e. The second kappa shape index (κ2) is 11.3. The first-order chi connectivity index (χ1) is 7.27. The maximum Gasteiger partial charge on any atom is 0.134 e. The number of nitrogens with one attached hydrogen (secondary N) is 1. The third-order valence-electron chi connectivity index (χ3n) is 2.55. The van der Waals surface area contributed by atoms with Gasteiger partial charge in [0.1, 0.15) is 6.09 Å². The number of amides is 1. The number of carboxylic acid groups (broad SMARTS) is 1. The quantitative estimate of drug-likeness (QED) is 0.568. The summed E-state index contributed by atoms with van der Waals surface area (Å²) in [6.45, 7) is 2.77. The molecule has 0 aliphatic rings. The molecule has 0 radical (unpaired) electrons. The normalized spacial score (nSPS) is 10.2. The third kappa shape index (κ3) is 13.3. The van der Waals surface area contributed by atoms with Crippen molar-refractivity contribution in [2.24, 2.45) is 0 Å². The standard InChI is InChI=1S/C12H25NO2/c1-2-3-4-5-6-7-8-9-10-11-13-12(14)15/h13H,2-11H2,1H3,(H,14,15)/p-1. The van der Waals surface area contributed by atoms with E-state index in [4.69, 9.17) is 0 Å². The fourth-order valence-corrected chi connectivity index (χ4v) is 1.63. The molecule has 0 atom stereocenters. The molecule has 1 N–H and O–H groups in total. The van der Waals surface area contributed by atoms with Crippen LogP contribution in [0.25, 0.3) is 0 Å². The van der Waals surface area contributed by atoms with Gasteiger partial charge in [-0.3, -0.25) is 0 Å². The van der Waals surface area contributed by atoms with Gasteiger partial charge in [-0.1, -0.05) is 58.3 Å². The molecule has 3 heteroatoms. The highest BCUT2D eigenvalue weighted by molar-refractivity contribution is 5.61. The van der Waals surface area contributed by atoms with Gasteiger partial charge in [0.2, 0.25) is 0 Å². The first kappa shape index (κ1) is 14.3. The molecule has 90 valence electrons. The van der Waals surface area contributed by atoms with Crippen LogP contribution in [-0.4, -0.2) is 12.6 Å². The summed E-state index contributed by atoms with van der Waals surface area (Å²) < 4.78 is 0. The van der Waals surface area contributed by atoms with E-state index in [2.05, 4.69) is 12.2 Å². The van der Waals surface area contributed by atoms with Crippen LogP contribution in [0.2, 0.25) is 0 Å². The van der Waals surface area contributed by atoms with Crippen LogP contribution in [0.4, 0.5) is 4.79 Å². The van der Waals surface area contributed by atoms with Crippen LogP contribution in [-0.2, 0) is 0 Å². The molecule has 0 aromatic carbocycles. The molecule has 0 rings (SSSR count). The number of hydrogen-bond acceptors (Lipinski definition) is 2. The predicted octanol–water partition coefficient (Wildman–Crippen LogP) is 2.45. The average molecular weight is 214 g/mol. The number of carbonyl (C=O) groups is 1. The van der Waals surface area contributed by atoms with E-state index in [1.54, 1.807) is 0 Å². The highest BCUT2D eigenvalue weighted by Crippen LogP contribution is 2.08. The molecule has 1 amide bonds. The summed E-state index contributed by atoms with van der Waals surface area (Å²) in [7, 11) is 0. The molecule has 0 aliphatic heterocycles. The molecular formula is C12H24NO2-. The minimum absolute atomic E-state index is 0.540. The van der Waals surface area contributed by atoms with Crippen LogP contribution in [0, 0.1) is 0 Å². The highest BCUT2D eigenvalue weighted by atomic mass is 16.4. The topological polar surface area (TPSA) is 52.2 Å². The van der Waals surface area contributed by atoms with Gasteiger partial charge < -0.3 is 15.2 Å². The fraction of sp³-hybridized carbons (Fsp3) is 0.917. The monoisotopic (exact) mass is 214 g/mol. The zero-order chi connectivity index (χ0) is 11.4. The van der Waals surface area contributed by atoms with Crippen LogP contribution >= 0.6 is 0 Å². The summed E-state index contributed by atoms with van der Waals surface area (Å²) in [5.74, 6) is 0. The minimum Gasteiger partial charge on any atom is -0.530 e. The van der Waals surface area contributed by atoms with Gasteiger partial charge in [-0.25, -0.2) is 0 Å². The highest BCUT2D eigenvalue weighted by Gasteiger charge is 1.91. The van der Waals surface area contributed by atoms with Crippen molar-refractivity contribution in [2.45, 2.75) is 64.7 Å². The van der Waals surface area contributed by atoms with E-state index in [-0.39, 0.29) is 0 Å². The van der Waals surface area contributed by atoms with Gasteiger partial charge in [-0.2, -0.15) is 0 Å². The van der Waals surface area contributed by atoms with Gasteiger partial charge in [-0.05, 0) is 6.42 Å². The van der Waals surface area contributed by atoms with Crippen molar-refractivity contribution in [3.63, 3.8) is 0 Å². The molecule has 0 aromatic rings. The summed E-state index contributed by atoms with van der Waals surface area (Å²) in [4.78, 5) is 10.0. The maximum absolute atomic E-state index is 10.0. The molecular weight excluding hydrogens is 190 g/mol. The predicted molar refractivity (Wildman–Crippen MR) is 60.6 cm³/mol. The van der Waals surface area contributed by atoms with E-state index < -0.39 is 6.09 Å². The summed E-state index contributed by atoms with van der Waals surface area (Å²) in [5, 5.41) is 12.3.